The predicted octanol–water partition coefficient (Wildman–Crippen LogP) is 7.68. The Labute approximate surface area is 233 Å². The fourth-order valence-electron chi connectivity index (χ4n) is 4.59. The van der Waals surface area contributed by atoms with Crippen molar-refractivity contribution in [3.63, 3.8) is 0 Å². The van der Waals surface area contributed by atoms with E-state index in [0.29, 0.717) is 22.9 Å². The van der Waals surface area contributed by atoms with Crippen molar-refractivity contribution in [3.8, 4) is 17.2 Å². The summed E-state index contributed by atoms with van der Waals surface area (Å²) in [5.74, 6) is 1.22. The second-order valence-electron chi connectivity index (χ2n) is 9.62. The predicted molar refractivity (Wildman–Crippen MR) is 158 cm³/mol. The van der Waals surface area contributed by atoms with Crippen molar-refractivity contribution < 1.29 is 19.0 Å². The summed E-state index contributed by atoms with van der Waals surface area (Å²) in [6.45, 7) is 2.25. The summed E-state index contributed by atoms with van der Waals surface area (Å²) in [6.07, 6.45) is 19.3. The maximum atomic E-state index is 13.7. The summed E-state index contributed by atoms with van der Waals surface area (Å²) in [6, 6.07) is 12.4. The molecular formula is C32H43N3O4. The first-order valence-electron chi connectivity index (χ1n) is 14.0. The van der Waals surface area contributed by atoms with Crippen molar-refractivity contribution in [2.24, 2.45) is 0 Å². The first-order valence-corrected chi connectivity index (χ1v) is 14.0. The first kappa shape index (κ1) is 29.8. The molecule has 1 heterocycles. The second kappa shape index (κ2) is 16.3. The van der Waals surface area contributed by atoms with Gasteiger partial charge in [0.2, 0.25) is 0 Å². The molecule has 39 heavy (non-hydrogen) atoms. The van der Waals surface area contributed by atoms with Gasteiger partial charge in [0, 0.05) is 18.3 Å². The van der Waals surface area contributed by atoms with Crippen LogP contribution < -0.4 is 19.5 Å². The lowest BCUT2D eigenvalue weighted by Crippen LogP contribution is -2.26. The van der Waals surface area contributed by atoms with E-state index in [-0.39, 0.29) is 5.91 Å². The lowest BCUT2D eigenvalue weighted by molar-refractivity contribution is -0.118. The number of hydrogen-bond acceptors (Lipinski definition) is 5. The van der Waals surface area contributed by atoms with E-state index in [1.54, 1.807) is 39.8 Å². The summed E-state index contributed by atoms with van der Waals surface area (Å²) in [4.78, 5) is 18.3. The number of carbonyl (C=O) groups is 1. The number of allylic oxidation sites excluding steroid dienone is 1. The van der Waals surface area contributed by atoms with E-state index in [2.05, 4.69) is 23.3 Å². The van der Waals surface area contributed by atoms with Gasteiger partial charge in [0.15, 0.2) is 0 Å². The highest BCUT2D eigenvalue weighted by Gasteiger charge is 2.25. The maximum Gasteiger partial charge on any atom is 0.252 e. The van der Waals surface area contributed by atoms with Crippen molar-refractivity contribution in [1.82, 2.24) is 9.55 Å². The van der Waals surface area contributed by atoms with Crippen LogP contribution >= 0.6 is 0 Å². The Morgan fingerprint density at radius 1 is 0.923 bits per heavy atom. The summed E-state index contributed by atoms with van der Waals surface area (Å²) >= 11 is 0. The molecule has 1 unspecified atom stereocenters. The molecule has 210 valence electrons. The smallest absolute Gasteiger partial charge is 0.252 e. The zero-order valence-corrected chi connectivity index (χ0v) is 23.8. The van der Waals surface area contributed by atoms with Crippen LogP contribution in [0.25, 0.3) is 6.08 Å². The van der Waals surface area contributed by atoms with Crippen molar-refractivity contribution in [2.45, 2.75) is 70.8 Å². The highest BCUT2D eigenvalue weighted by molar-refractivity contribution is 5.98. The lowest BCUT2D eigenvalue weighted by Gasteiger charge is -2.21. The van der Waals surface area contributed by atoms with Gasteiger partial charge in [-0.25, -0.2) is 4.98 Å². The van der Waals surface area contributed by atoms with Gasteiger partial charge in [-0.1, -0.05) is 88.3 Å². The Morgan fingerprint density at radius 3 is 2.18 bits per heavy atom. The number of anilines is 1. The molecule has 2 aromatic carbocycles. The quantitative estimate of drug-likeness (QED) is 0.180. The van der Waals surface area contributed by atoms with Crippen LogP contribution in [0.4, 0.5) is 5.69 Å². The second-order valence-corrected chi connectivity index (χ2v) is 9.62. The molecule has 0 bridgehead atoms. The number of nitrogens with zero attached hydrogens (tertiary/aromatic N) is 2. The minimum absolute atomic E-state index is 0.241. The van der Waals surface area contributed by atoms with Crippen molar-refractivity contribution in [3.05, 3.63) is 72.3 Å². The SMILES string of the molecule is CCCCCCCCCC/C=C/c1cn(C(C(=O)Nc2c(OC)cc(OC)cc2OC)c2ccccc2)cn1. The normalized spacial score (nSPS) is 11.9. The van der Waals surface area contributed by atoms with Crippen molar-refractivity contribution in [2.75, 3.05) is 26.6 Å². The van der Waals surface area contributed by atoms with Gasteiger partial charge in [0.05, 0.1) is 33.4 Å². The minimum Gasteiger partial charge on any atom is -0.496 e. The van der Waals surface area contributed by atoms with E-state index in [4.69, 9.17) is 14.2 Å². The van der Waals surface area contributed by atoms with Crippen molar-refractivity contribution in [1.29, 1.82) is 0 Å². The van der Waals surface area contributed by atoms with Crippen LogP contribution in [0, 0.1) is 0 Å². The van der Waals surface area contributed by atoms with Gasteiger partial charge in [-0.2, -0.15) is 0 Å². The molecule has 0 radical (unpaired) electrons. The lowest BCUT2D eigenvalue weighted by atomic mass is 10.1. The maximum absolute atomic E-state index is 13.7. The zero-order chi connectivity index (χ0) is 27.9. The van der Waals surface area contributed by atoms with Crippen LogP contribution in [-0.4, -0.2) is 36.8 Å². The van der Waals surface area contributed by atoms with Gasteiger partial charge in [0.25, 0.3) is 5.91 Å². The number of ether oxygens (including phenoxy) is 3. The number of aromatic nitrogens is 2. The van der Waals surface area contributed by atoms with Gasteiger partial charge in [-0.3, -0.25) is 4.79 Å². The molecule has 7 nitrogen and oxygen atoms in total. The molecular weight excluding hydrogens is 490 g/mol. The monoisotopic (exact) mass is 533 g/mol. The molecule has 0 aliphatic carbocycles. The standard InChI is InChI=1S/C32H43N3O4/c1-5-6-7-8-9-10-11-12-13-17-20-26-23-35(24-33-26)31(25-18-15-14-16-19-25)32(36)34-30-28(38-3)21-27(37-2)22-29(30)39-4/h14-24,31H,5-13H2,1-4H3,(H,34,36)/b20-17+. The molecule has 3 aromatic rings. The van der Waals surface area contributed by atoms with E-state index >= 15 is 0 Å². The fraction of sp³-hybridized carbons (Fsp3) is 0.438. The highest BCUT2D eigenvalue weighted by atomic mass is 16.5. The van der Waals surface area contributed by atoms with E-state index in [9.17, 15) is 4.79 Å². The van der Waals surface area contributed by atoms with Gasteiger partial charge in [-0.15, -0.1) is 0 Å². The third-order valence-electron chi connectivity index (χ3n) is 6.76. The number of imidazole rings is 1. The van der Waals surface area contributed by atoms with Gasteiger partial charge >= 0.3 is 0 Å². The molecule has 1 N–H and O–H groups in total. The van der Waals surface area contributed by atoms with Crippen LogP contribution in [0.2, 0.25) is 0 Å². The average Bonchev–Trinajstić information content (AvgIpc) is 3.42. The summed E-state index contributed by atoms with van der Waals surface area (Å²) < 4.78 is 18.2. The molecule has 1 aromatic heterocycles. The van der Waals surface area contributed by atoms with E-state index in [1.807, 2.05) is 47.2 Å². The fourth-order valence-corrected chi connectivity index (χ4v) is 4.59. The molecule has 0 aliphatic rings. The number of methoxy groups -OCH3 is 3. The Morgan fingerprint density at radius 2 is 1.56 bits per heavy atom. The van der Waals surface area contributed by atoms with Gasteiger partial charge in [-0.05, 0) is 24.5 Å². The minimum atomic E-state index is -0.634. The third kappa shape index (κ3) is 8.91. The van der Waals surface area contributed by atoms with Gasteiger partial charge in [0.1, 0.15) is 29.0 Å². The summed E-state index contributed by atoms with van der Waals surface area (Å²) in [5.41, 5.74) is 2.11. The number of unbranched alkanes of at least 4 members (excludes halogenated alkanes) is 8. The highest BCUT2D eigenvalue weighted by Crippen LogP contribution is 2.39. The number of amides is 1. The molecule has 0 saturated heterocycles. The molecule has 1 atom stereocenters. The molecule has 1 amide bonds. The third-order valence-corrected chi connectivity index (χ3v) is 6.76. The number of benzene rings is 2. The van der Waals surface area contributed by atoms with Crippen LogP contribution in [0.3, 0.4) is 0 Å². The number of nitrogens with one attached hydrogen (secondary N) is 1. The van der Waals surface area contributed by atoms with E-state index in [0.717, 1.165) is 17.7 Å². The Balaban J connectivity index is 1.70. The Hall–Kier alpha value is -3.74. The van der Waals surface area contributed by atoms with Crippen LogP contribution in [-0.2, 0) is 4.79 Å². The number of hydrogen-bond donors (Lipinski definition) is 1. The van der Waals surface area contributed by atoms with Gasteiger partial charge < -0.3 is 24.1 Å². The molecule has 0 aliphatic heterocycles. The summed E-state index contributed by atoms with van der Waals surface area (Å²) in [5, 5.41) is 3.02. The topological polar surface area (TPSA) is 74.6 Å². The zero-order valence-electron chi connectivity index (χ0n) is 23.8. The molecule has 0 saturated carbocycles. The van der Waals surface area contributed by atoms with Crippen LogP contribution in [0.1, 0.15) is 82.0 Å². The van der Waals surface area contributed by atoms with Crippen molar-refractivity contribution >= 4 is 17.7 Å². The molecule has 0 fully saturated rings. The van der Waals surface area contributed by atoms with E-state index in [1.165, 1.54) is 51.4 Å². The van der Waals surface area contributed by atoms with Crippen LogP contribution in [0.15, 0.2) is 61.1 Å². The number of carbonyl (C=O) groups excluding carboxylic acids is 1. The average molecular weight is 534 g/mol. The molecule has 3 rings (SSSR count). The molecule has 0 spiro atoms. The number of rotatable bonds is 17. The van der Waals surface area contributed by atoms with Crippen LogP contribution in [0.5, 0.6) is 17.2 Å². The molecule has 7 heteroatoms. The summed E-state index contributed by atoms with van der Waals surface area (Å²) in [7, 11) is 4.65. The first-order chi connectivity index (χ1) is 19.1. The Kier molecular flexibility index (Phi) is 12.4. The largest absolute Gasteiger partial charge is 0.496 e. The Bertz CT molecular complexity index is 1150. The van der Waals surface area contributed by atoms with E-state index < -0.39 is 6.04 Å².